The van der Waals surface area contributed by atoms with Crippen LogP contribution in [0.4, 0.5) is 16.4 Å². The molecule has 9 nitrogen and oxygen atoms in total. The molecule has 2 amide bonds. The van der Waals surface area contributed by atoms with Crippen LogP contribution < -0.4 is 15.1 Å². The third kappa shape index (κ3) is 6.31. The summed E-state index contributed by atoms with van der Waals surface area (Å²) in [6.07, 6.45) is -0.598. The van der Waals surface area contributed by atoms with Gasteiger partial charge in [0.15, 0.2) is 11.6 Å². The summed E-state index contributed by atoms with van der Waals surface area (Å²) < 4.78 is 5.14. The Morgan fingerprint density at radius 2 is 1.71 bits per heavy atom. The maximum atomic E-state index is 12.4. The summed E-state index contributed by atoms with van der Waals surface area (Å²) in [5, 5.41) is 11.2. The molecule has 1 aromatic carbocycles. The lowest BCUT2D eigenvalue weighted by Crippen LogP contribution is -2.51. The number of carbonyl (C=O) groups is 2. The van der Waals surface area contributed by atoms with Gasteiger partial charge >= 0.3 is 6.09 Å². The van der Waals surface area contributed by atoms with Crippen molar-refractivity contribution in [3.8, 4) is 0 Å². The summed E-state index contributed by atoms with van der Waals surface area (Å²) in [7, 11) is 0. The second-order valence-corrected chi connectivity index (χ2v) is 7.21. The second kappa shape index (κ2) is 11.1. The molecule has 1 aliphatic heterocycles. The molecule has 3 rings (SSSR count). The Morgan fingerprint density at radius 1 is 1.00 bits per heavy atom. The number of anilines is 2. The smallest absolute Gasteiger partial charge is 0.407 e. The minimum atomic E-state index is -0.598. The summed E-state index contributed by atoms with van der Waals surface area (Å²) in [6.45, 7) is 8.53. The van der Waals surface area contributed by atoms with Gasteiger partial charge in [-0.25, -0.2) is 4.79 Å². The molecule has 0 spiro atoms. The fourth-order valence-electron chi connectivity index (χ4n) is 3.42. The Kier molecular flexibility index (Phi) is 8.03. The zero-order valence-electron chi connectivity index (χ0n) is 18.2. The predicted octanol–water partition coefficient (Wildman–Crippen LogP) is 1.90. The predicted molar refractivity (Wildman–Crippen MR) is 119 cm³/mol. The topological polar surface area (TPSA) is 90.9 Å². The Balaban J connectivity index is 1.39. The summed E-state index contributed by atoms with van der Waals surface area (Å²) in [5.41, 5.74) is 0.897. The lowest BCUT2D eigenvalue weighted by atomic mass is 10.2. The van der Waals surface area contributed by atoms with Crippen LogP contribution in [0.25, 0.3) is 0 Å². The van der Waals surface area contributed by atoms with Crippen LogP contribution in [-0.2, 0) is 16.1 Å². The van der Waals surface area contributed by atoms with Gasteiger partial charge in [-0.2, -0.15) is 0 Å². The molecular weight excluding hydrogens is 396 g/mol. The van der Waals surface area contributed by atoms with E-state index in [0.29, 0.717) is 26.2 Å². The van der Waals surface area contributed by atoms with Crippen LogP contribution in [0.15, 0.2) is 42.5 Å². The number of carbonyl (C=O) groups excluding carboxylic acids is 2. The van der Waals surface area contributed by atoms with E-state index in [4.69, 9.17) is 4.74 Å². The molecule has 1 aromatic heterocycles. The van der Waals surface area contributed by atoms with E-state index in [-0.39, 0.29) is 19.1 Å². The molecule has 1 N–H and O–H groups in total. The fourth-order valence-corrected chi connectivity index (χ4v) is 3.42. The van der Waals surface area contributed by atoms with E-state index in [9.17, 15) is 9.59 Å². The van der Waals surface area contributed by atoms with Gasteiger partial charge in [0.1, 0.15) is 13.2 Å². The number of alkyl carbamates (subject to hydrolysis) is 1. The summed E-state index contributed by atoms with van der Waals surface area (Å²) in [5.74, 6) is 1.55. The van der Waals surface area contributed by atoms with Crippen LogP contribution in [-0.4, -0.2) is 72.9 Å². The first-order valence-electron chi connectivity index (χ1n) is 10.7. The van der Waals surface area contributed by atoms with Crippen LogP contribution >= 0.6 is 0 Å². The molecule has 1 saturated heterocycles. The van der Waals surface area contributed by atoms with Crippen LogP contribution in [0.5, 0.6) is 0 Å². The number of benzene rings is 1. The number of aromatic nitrogens is 2. The highest BCUT2D eigenvalue weighted by molar-refractivity contribution is 5.82. The van der Waals surface area contributed by atoms with E-state index in [2.05, 4.69) is 39.2 Å². The molecule has 2 heterocycles. The second-order valence-electron chi connectivity index (χ2n) is 7.21. The van der Waals surface area contributed by atoms with Crippen molar-refractivity contribution in [2.45, 2.75) is 20.5 Å². The fraction of sp³-hybridized carbons (Fsp3) is 0.455. The van der Waals surface area contributed by atoms with Crippen molar-refractivity contribution in [3.05, 3.63) is 48.0 Å². The minimum absolute atomic E-state index is 0.0774. The first-order valence-corrected chi connectivity index (χ1v) is 10.7. The zero-order chi connectivity index (χ0) is 22.1. The standard InChI is InChI=1S/C22H30N6O3/c1-3-26(4-2)19-10-11-20(25-24-19)27-12-14-28(15-13-27)21(29)16-23-22(30)31-17-18-8-6-5-7-9-18/h5-11H,3-4,12-17H2,1-2H3,(H,23,30). The van der Waals surface area contributed by atoms with Crippen LogP contribution in [0.2, 0.25) is 0 Å². The number of rotatable bonds is 8. The molecular formula is C22H30N6O3. The lowest BCUT2D eigenvalue weighted by Gasteiger charge is -2.35. The number of ether oxygens (including phenoxy) is 1. The minimum Gasteiger partial charge on any atom is -0.445 e. The molecule has 0 atom stereocenters. The van der Waals surface area contributed by atoms with Gasteiger partial charge in [-0.15, -0.1) is 10.2 Å². The Hall–Kier alpha value is -3.36. The van der Waals surface area contributed by atoms with Crippen molar-refractivity contribution in [2.75, 3.05) is 55.6 Å². The molecule has 1 fully saturated rings. The lowest BCUT2D eigenvalue weighted by molar-refractivity contribution is -0.130. The van der Waals surface area contributed by atoms with E-state index < -0.39 is 6.09 Å². The molecule has 0 saturated carbocycles. The first kappa shape index (κ1) is 22.3. The van der Waals surface area contributed by atoms with Crippen molar-refractivity contribution in [3.63, 3.8) is 0 Å². The number of piperazine rings is 1. The number of hydrogen-bond donors (Lipinski definition) is 1. The van der Waals surface area contributed by atoms with Gasteiger partial charge < -0.3 is 24.8 Å². The Morgan fingerprint density at radius 3 is 2.32 bits per heavy atom. The number of hydrogen-bond acceptors (Lipinski definition) is 7. The van der Waals surface area contributed by atoms with Gasteiger partial charge in [0.25, 0.3) is 0 Å². The molecule has 166 valence electrons. The highest BCUT2D eigenvalue weighted by Crippen LogP contribution is 2.16. The number of nitrogens with zero attached hydrogens (tertiary/aromatic N) is 5. The SMILES string of the molecule is CCN(CC)c1ccc(N2CCN(C(=O)CNC(=O)OCc3ccccc3)CC2)nn1. The summed E-state index contributed by atoms with van der Waals surface area (Å²) >= 11 is 0. The van der Waals surface area contributed by atoms with Crippen molar-refractivity contribution in [1.82, 2.24) is 20.4 Å². The molecule has 9 heteroatoms. The zero-order valence-corrected chi connectivity index (χ0v) is 18.2. The van der Waals surface area contributed by atoms with E-state index in [1.165, 1.54) is 0 Å². The van der Waals surface area contributed by atoms with Gasteiger partial charge in [-0.05, 0) is 31.5 Å². The van der Waals surface area contributed by atoms with Crippen LogP contribution in [0.1, 0.15) is 19.4 Å². The molecule has 1 aliphatic rings. The van der Waals surface area contributed by atoms with Gasteiger partial charge in [0, 0.05) is 39.3 Å². The van der Waals surface area contributed by atoms with E-state index in [1.54, 1.807) is 4.90 Å². The van der Waals surface area contributed by atoms with Gasteiger partial charge in [-0.3, -0.25) is 4.79 Å². The highest BCUT2D eigenvalue weighted by atomic mass is 16.5. The van der Waals surface area contributed by atoms with Gasteiger partial charge in [-0.1, -0.05) is 30.3 Å². The maximum Gasteiger partial charge on any atom is 0.407 e. The molecule has 0 unspecified atom stereocenters. The molecule has 0 radical (unpaired) electrons. The third-order valence-electron chi connectivity index (χ3n) is 5.28. The summed E-state index contributed by atoms with van der Waals surface area (Å²) in [4.78, 5) is 30.2. The van der Waals surface area contributed by atoms with Gasteiger partial charge in [0.2, 0.25) is 5.91 Å². The number of amides is 2. The average Bonchev–Trinajstić information content (AvgIpc) is 2.83. The van der Waals surface area contributed by atoms with Crippen molar-refractivity contribution < 1.29 is 14.3 Å². The normalized spacial score (nSPS) is 13.6. The summed E-state index contributed by atoms with van der Waals surface area (Å²) in [6, 6.07) is 13.4. The quantitative estimate of drug-likeness (QED) is 0.689. The molecule has 0 aliphatic carbocycles. The van der Waals surface area contributed by atoms with E-state index in [1.807, 2.05) is 42.5 Å². The molecule has 31 heavy (non-hydrogen) atoms. The highest BCUT2D eigenvalue weighted by Gasteiger charge is 2.22. The average molecular weight is 427 g/mol. The maximum absolute atomic E-state index is 12.4. The first-order chi connectivity index (χ1) is 15.1. The van der Waals surface area contributed by atoms with Gasteiger partial charge in [0.05, 0.1) is 0 Å². The molecule has 2 aromatic rings. The van der Waals surface area contributed by atoms with Crippen molar-refractivity contribution in [1.29, 1.82) is 0 Å². The molecule has 0 bridgehead atoms. The van der Waals surface area contributed by atoms with Crippen molar-refractivity contribution in [2.24, 2.45) is 0 Å². The Bertz CT molecular complexity index is 834. The van der Waals surface area contributed by atoms with Crippen LogP contribution in [0, 0.1) is 0 Å². The third-order valence-corrected chi connectivity index (χ3v) is 5.28. The monoisotopic (exact) mass is 426 g/mol. The van der Waals surface area contributed by atoms with Crippen molar-refractivity contribution >= 4 is 23.6 Å². The van der Waals surface area contributed by atoms with E-state index >= 15 is 0 Å². The van der Waals surface area contributed by atoms with Crippen LogP contribution in [0.3, 0.4) is 0 Å². The number of nitrogens with one attached hydrogen (secondary N) is 1. The Labute approximate surface area is 183 Å². The van der Waals surface area contributed by atoms with E-state index in [0.717, 1.165) is 30.3 Å². The largest absolute Gasteiger partial charge is 0.445 e.